The molecule has 7 nitrogen and oxygen atoms in total. The van der Waals surface area contributed by atoms with Gasteiger partial charge in [-0.05, 0) is 60.2 Å². The van der Waals surface area contributed by atoms with E-state index in [1.165, 1.54) is 12.0 Å². The van der Waals surface area contributed by atoms with Gasteiger partial charge >= 0.3 is 5.97 Å². The lowest BCUT2D eigenvalue weighted by Gasteiger charge is -2.13. The highest BCUT2D eigenvalue weighted by Gasteiger charge is 2.34. The van der Waals surface area contributed by atoms with Crippen LogP contribution in [0.2, 0.25) is 0 Å². The number of imide groups is 1. The summed E-state index contributed by atoms with van der Waals surface area (Å²) in [7, 11) is 1.29. The van der Waals surface area contributed by atoms with Crippen molar-refractivity contribution in [1.29, 1.82) is 0 Å². The fourth-order valence-corrected chi connectivity index (χ4v) is 3.53. The van der Waals surface area contributed by atoms with Crippen LogP contribution in [-0.2, 0) is 14.3 Å². The smallest absolute Gasteiger partial charge is 0.343 e. The Balaban J connectivity index is 1.56. The van der Waals surface area contributed by atoms with Gasteiger partial charge in [-0.25, -0.2) is 4.79 Å². The molecule has 0 unspecified atom stereocenters. The second kappa shape index (κ2) is 9.98. The highest BCUT2D eigenvalue weighted by molar-refractivity contribution is 8.18. The predicted octanol–water partition coefficient (Wildman–Crippen LogP) is 3.66. The second-order valence-corrected chi connectivity index (χ2v) is 7.43. The number of aryl methyl sites for hydroxylation is 1. The summed E-state index contributed by atoms with van der Waals surface area (Å²) in [4.78, 5) is 37.4. The van der Waals surface area contributed by atoms with Crippen molar-refractivity contribution in [1.82, 2.24) is 4.90 Å². The van der Waals surface area contributed by atoms with Crippen molar-refractivity contribution in [3.05, 3.63) is 64.6 Å². The zero-order valence-electron chi connectivity index (χ0n) is 16.6. The highest BCUT2D eigenvalue weighted by atomic mass is 32.2. The summed E-state index contributed by atoms with van der Waals surface area (Å²) in [5.41, 5.74) is 1.81. The van der Waals surface area contributed by atoms with Gasteiger partial charge in [0.15, 0.2) is 6.61 Å². The van der Waals surface area contributed by atoms with E-state index in [0.29, 0.717) is 16.4 Å². The number of benzene rings is 2. The molecule has 1 aliphatic heterocycles. The summed E-state index contributed by atoms with van der Waals surface area (Å²) in [5, 5.41) is -0.322. The molecule has 0 bridgehead atoms. The quantitative estimate of drug-likeness (QED) is 0.470. The van der Waals surface area contributed by atoms with E-state index in [9.17, 15) is 14.4 Å². The average molecular weight is 427 g/mol. The first-order valence-electron chi connectivity index (χ1n) is 9.21. The Morgan fingerprint density at radius 1 is 1.07 bits per heavy atom. The number of esters is 1. The van der Waals surface area contributed by atoms with Crippen LogP contribution in [0.15, 0.2) is 53.4 Å². The molecule has 0 atom stereocenters. The highest BCUT2D eigenvalue weighted by Crippen LogP contribution is 2.32. The molecule has 2 aromatic carbocycles. The molecule has 2 aromatic rings. The molecule has 1 fully saturated rings. The number of carbonyl (C=O) groups excluding carboxylic acids is 3. The van der Waals surface area contributed by atoms with E-state index in [0.717, 1.165) is 22.9 Å². The zero-order chi connectivity index (χ0) is 21.5. The fraction of sp³-hybridized carbons (Fsp3) is 0.227. The van der Waals surface area contributed by atoms with E-state index < -0.39 is 5.97 Å². The largest absolute Gasteiger partial charge is 0.492 e. The Bertz CT molecular complexity index is 970. The lowest BCUT2D eigenvalue weighted by atomic mass is 10.2. The van der Waals surface area contributed by atoms with Crippen LogP contribution < -0.4 is 9.47 Å². The van der Waals surface area contributed by atoms with Crippen molar-refractivity contribution in [2.24, 2.45) is 0 Å². The summed E-state index contributed by atoms with van der Waals surface area (Å²) in [5.74, 6) is 0.383. The summed E-state index contributed by atoms with van der Waals surface area (Å²) >= 11 is 0.897. The Labute approximate surface area is 178 Å². The van der Waals surface area contributed by atoms with Gasteiger partial charge < -0.3 is 14.2 Å². The summed E-state index contributed by atoms with van der Waals surface area (Å²) in [6.45, 7) is 2.18. The van der Waals surface area contributed by atoms with Crippen molar-refractivity contribution in [2.75, 3.05) is 26.9 Å². The Kier molecular flexibility index (Phi) is 7.13. The number of hydrogen-bond acceptors (Lipinski definition) is 7. The number of thioether (sulfide) groups is 1. The SMILES string of the molecule is COC(=O)COc1ccc(/C=C2\SC(=O)N(CCOc3cccc(C)c3)C2=O)cc1. The predicted molar refractivity (Wildman–Crippen MR) is 113 cm³/mol. The molecule has 1 aliphatic rings. The molecule has 0 saturated carbocycles. The van der Waals surface area contributed by atoms with E-state index in [1.54, 1.807) is 30.3 Å². The molecule has 0 aliphatic carbocycles. The average Bonchev–Trinajstić information content (AvgIpc) is 3.00. The Morgan fingerprint density at radius 2 is 1.83 bits per heavy atom. The third kappa shape index (κ3) is 5.64. The third-order valence-corrected chi connectivity index (χ3v) is 5.12. The maximum Gasteiger partial charge on any atom is 0.343 e. The number of nitrogens with zero attached hydrogens (tertiary/aromatic N) is 1. The van der Waals surface area contributed by atoms with Gasteiger partial charge in [0, 0.05) is 0 Å². The summed E-state index contributed by atoms with van der Waals surface area (Å²) in [6, 6.07) is 14.4. The molecule has 0 radical (unpaired) electrons. The van der Waals surface area contributed by atoms with E-state index in [-0.39, 0.29) is 30.9 Å². The number of hydrogen-bond donors (Lipinski definition) is 0. The minimum Gasteiger partial charge on any atom is -0.492 e. The van der Waals surface area contributed by atoms with Gasteiger partial charge in [-0.1, -0.05) is 24.3 Å². The number of ether oxygens (including phenoxy) is 3. The minimum absolute atomic E-state index is 0.177. The maximum absolute atomic E-state index is 12.6. The van der Waals surface area contributed by atoms with Gasteiger partial charge in [-0.2, -0.15) is 0 Å². The Hall–Kier alpha value is -3.26. The van der Waals surface area contributed by atoms with Crippen LogP contribution in [0.3, 0.4) is 0 Å². The van der Waals surface area contributed by atoms with Crippen LogP contribution in [0, 0.1) is 6.92 Å². The molecular formula is C22H21NO6S. The molecule has 2 amide bonds. The van der Waals surface area contributed by atoms with Crippen molar-refractivity contribution in [2.45, 2.75) is 6.92 Å². The van der Waals surface area contributed by atoms with Crippen LogP contribution in [-0.4, -0.2) is 48.9 Å². The number of methoxy groups -OCH3 is 1. The normalized spacial score (nSPS) is 14.9. The first-order valence-corrected chi connectivity index (χ1v) is 10.0. The van der Waals surface area contributed by atoms with E-state index in [4.69, 9.17) is 9.47 Å². The van der Waals surface area contributed by atoms with Crippen LogP contribution in [0.1, 0.15) is 11.1 Å². The molecule has 1 heterocycles. The van der Waals surface area contributed by atoms with Gasteiger partial charge in [0.2, 0.25) is 0 Å². The van der Waals surface area contributed by atoms with Gasteiger partial charge in [-0.3, -0.25) is 14.5 Å². The van der Waals surface area contributed by atoms with Gasteiger partial charge in [0.1, 0.15) is 18.1 Å². The van der Waals surface area contributed by atoms with Crippen LogP contribution in [0.25, 0.3) is 6.08 Å². The lowest BCUT2D eigenvalue weighted by molar-refractivity contribution is -0.142. The topological polar surface area (TPSA) is 82.1 Å². The molecule has 156 valence electrons. The monoisotopic (exact) mass is 427 g/mol. The molecule has 3 rings (SSSR count). The van der Waals surface area contributed by atoms with Crippen molar-refractivity contribution < 1.29 is 28.6 Å². The molecule has 8 heteroatoms. The minimum atomic E-state index is -0.473. The van der Waals surface area contributed by atoms with E-state index in [1.807, 2.05) is 31.2 Å². The molecule has 30 heavy (non-hydrogen) atoms. The standard InChI is InChI=1S/C22H21NO6S/c1-15-4-3-5-18(12-15)28-11-10-23-21(25)19(30-22(23)26)13-16-6-8-17(9-7-16)29-14-20(24)27-2/h3-9,12-13H,10-11,14H2,1-2H3/b19-13-. The van der Waals surface area contributed by atoms with Gasteiger partial charge in [-0.15, -0.1) is 0 Å². The van der Waals surface area contributed by atoms with Gasteiger partial charge in [0.05, 0.1) is 18.6 Å². The number of rotatable bonds is 8. The Morgan fingerprint density at radius 3 is 2.53 bits per heavy atom. The van der Waals surface area contributed by atoms with E-state index in [2.05, 4.69) is 4.74 Å². The van der Waals surface area contributed by atoms with Gasteiger partial charge in [0.25, 0.3) is 11.1 Å². The second-order valence-electron chi connectivity index (χ2n) is 6.43. The number of carbonyl (C=O) groups is 3. The third-order valence-electron chi connectivity index (χ3n) is 4.21. The molecule has 0 N–H and O–H groups in total. The molecule has 1 saturated heterocycles. The molecule has 0 aromatic heterocycles. The first-order chi connectivity index (χ1) is 14.5. The van der Waals surface area contributed by atoms with Crippen LogP contribution in [0.4, 0.5) is 4.79 Å². The summed E-state index contributed by atoms with van der Waals surface area (Å²) < 4.78 is 15.4. The van der Waals surface area contributed by atoms with Crippen molar-refractivity contribution >= 4 is 35.0 Å². The molecule has 0 spiro atoms. The zero-order valence-corrected chi connectivity index (χ0v) is 17.4. The first kappa shape index (κ1) is 21.4. The van der Waals surface area contributed by atoms with E-state index >= 15 is 0 Å². The molecular weight excluding hydrogens is 406 g/mol. The fourth-order valence-electron chi connectivity index (χ4n) is 2.67. The maximum atomic E-state index is 12.6. The lowest BCUT2D eigenvalue weighted by Crippen LogP contribution is -2.32. The van der Waals surface area contributed by atoms with Crippen molar-refractivity contribution in [3.8, 4) is 11.5 Å². The number of amides is 2. The van der Waals surface area contributed by atoms with Crippen LogP contribution >= 0.6 is 11.8 Å². The van der Waals surface area contributed by atoms with Crippen LogP contribution in [0.5, 0.6) is 11.5 Å². The van der Waals surface area contributed by atoms with Crippen molar-refractivity contribution in [3.63, 3.8) is 0 Å². The summed E-state index contributed by atoms with van der Waals surface area (Å²) in [6.07, 6.45) is 1.65.